The van der Waals surface area contributed by atoms with Gasteiger partial charge in [0, 0.05) is 7.05 Å². The average Bonchev–Trinajstić information content (AvgIpc) is 2.30. The first-order valence-corrected chi connectivity index (χ1v) is 5.11. The van der Waals surface area contributed by atoms with Crippen molar-refractivity contribution < 1.29 is 13.2 Å². The molecule has 2 rings (SSSR count). The number of hydrogen-bond acceptors (Lipinski definition) is 3. The van der Waals surface area contributed by atoms with Gasteiger partial charge in [-0.1, -0.05) is 12.1 Å². The molecule has 4 nitrogen and oxygen atoms in total. The van der Waals surface area contributed by atoms with Crippen LogP contribution in [0.3, 0.4) is 0 Å². The molecule has 0 saturated carbocycles. The lowest BCUT2D eigenvalue weighted by Crippen LogP contribution is -2.24. The van der Waals surface area contributed by atoms with Crippen molar-refractivity contribution in [2.75, 3.05) is 7.05 Å². The molecule has 0 spiro atoms. The zero-order chi connectivity index (χ0) is 9.64. The average molecular weight is 234 g/mol. The lowest BCUT2D eigenvalue weighted by molar-refractivity contribution is 0.0891. The highest BCUT2D eigenvalue weighted by Gasteiger charge is 2.37. The fourth-order valence-electron chi connectivity index (χ4n) is 1.29. The highest BCUT2D eigenvalue weighted by Crippen LogP contribution is 2.27. The van der Waals surface area contributed by atoms with Crippen LogP contribution in [-0.2, 0) is 10.0 Å². The number of sulfonamides is 1. The Morgan fingerprint density at radius 1 is 1.21 bits per heavy atom. The molecule has 76 valence electrons. The van der Waals surface area contributed by atoms with E-state index in [0.717, 1.165) is 4.31 Å². The van der Waals surface area contributed by atoms with Crippen LogP contribution in [0, 0.1) is 0 Å². The summed E-state index contributed by atoms with van der Waals surface area (Å²) in [5, 5.41) is 0. The molecule has 0 N–H and O–H groups in total. The van der Waals surface area contributed by atoms with E-state index < -0.39 is 15.9 Å². The molecular weight excluding hydrogens is 226 g/mol. The van der Waals surface area contributed by atoms with Crippen LogP contribution in [0.2, 0.25) is 0 Å². The number of fused-ring (bicyclic) bond motifs is 1. The summed E-state index contributed by atoms with van der Waals surface area (Å²) in [5.41, 5.74) is 0.255. The number of carbonyl (C=O) groups excluding carboxylic acids is 1. The van der Waals surface area contributed by atoms with Gasteiger partial charge in [-0.05, 0) is 12.1 Å². The predicted octanol–water partition coefficient (Wildman–Crippen LogP) is 0.883. The van der Waals surface area contributed by atoms with E-state index in [9.17, 15) is 13.2 Å². The predicted molar refractivity (Wildman–Crippen MR) is 53.0 cm³/mol. The first-order chi connectivity index (χ1) is 6.05. The van der Waals surface area contributed by atoms with Gasteiger partial charge in [-0.3, -0.25) is 4.79 Å². The maximum absolute atomic E-state index is 11.5. The molecule has 0 aliphatic carbocycles. The minimum absolute atomic E-state index is 0. The summed E-state index contributed by atoms with van der Waals surface area (Å²) >= 11 is 0. The van der Waals surface area contributed by atoms with Crippen LogP contribution in [-0.4, -0.2) is 25.7 Å². The quantitative estimate of drug-likeness (QED) is 0.669. The molecule has 0 atom stereocenters. The van der Waals surface area contributed by atoms with E-state index in [0.29, 0.717) is 0 Å². The van der Waals surface area contributed by atoms with E-state index in [4.69, 9.17) is 0 Å². The summed E-state index contributed by atoms with van der Waals surface area (Å²) in [6.45, 7) is 0. The Balaban J connectivity index is 0.000000980. The minimum Gasteiger partial charge on any atom is -0.268 e. The standard InChI is InChI=1S/C8H7NO3S.ClH/c1-9-8(10)6-4-2-3-5-7(6)13(9,11)12;/h2-5H,1H3;1H. The highest BCUT2D eigenvalue weighted by molar-refractivity contribution is 7.90. The number of amides is 1. The first-order valence-electron chi connectivity index (χ1n) is 3.67. The van der Waals surface area contributed by atoms with Crippen molar-refractivity contribution in [2.45, 2.75) is 4.90 Å². The van der Waals surface area contributed by atoms with Gasteiger partial charge >= 0.3 is 0 Å². The molecule has 14 heavy (non-hydrogen) atoms. The molecule has 1 aliphatic rings. The number of nitrogens with zero attached hydrogens (tertiary/aromatic N) is 1. The largest absolute Gasteiger partial charge is 0.268 e. The van der Waals surface area contributed by atoms with Gasteiger partial charge in [0.05, 0.1) is 5.56 Å². The van der Waals surface area contributed by atoms with Crippen molar-refractivity contribution in [3.63, 3.8) is 0 Å². The molecule has 1 heterocycles. The van der Waals surface area contributed by atoms with Crippen molar-refractivity contribution in [2.24, 2.45) is 0 Å². The molecule has 0 saturated heterocycles. The second-order valence-corrected chi connectivity index (χ2v) is 4.71. The molecule has 0 fully saturated rings. The fraction of sp³-hybridized carbons (Fsp3) is 0.125. The number of halogens is 1. The van der Waals surface area contributed by atoms with Crippen LogP contribution in [0.25, 0.3) is 0 Å². The summed E-state index contributed by atoms with van der Waals surface area (Å²) in [5.74, 6) is -0.462. The maximum atomic E-state index is 11.5. The topological polar surface area (TPSA) is 54.5 Å². The monoisotopic (exact) mass is 233 g/mol. The van der Waals surface area contributed by atoms with Crippen molar-refractivity contribution in [1.29, 1.82) is 0 Å². The number of carbonyl (C=O) groups is 1. The van der Waals surface area contributed by atoms with Crippen molar-refractivity contribution >= 4 is 28.3 Å². The van der Waals surface area contributed by atoms with Gasteiger partial charge in [0.2, 0.25) is 0 Å². The molecule has 1 aromatic carbocycles. The summed E-state index contributed by atoms with van der Waals surface area (Å²) in [6.07, 6.45) is 0. The second kappa shape index (κ2) is 3.25. The Kier molecular flexibility index (Phi) is 2.56. The number of rotatable bonds is 0. The normalized spacial score (nSPS) is 17.5. The zero-order valence-corrected chi connectivity index (χ0v) is 8.93. The molecule has 0 unspecified atom stereocenters. The highest BCUT2D eigenvalue weighted by atomic mass is 35.5. The summed E-state index contributed by atoms with van der Waals surface area (Å²) < 4.78 is 23.8. The van der Waals surface area contributed by atoms with Crippen LogP contribution in [0.15, 0.2) is 29.2 Å². The smallest absolute Gasteiger partial charge is 0.268 e. The van der Waals surface area contributed by atoms with Gasteiger partial charge in [0.15, 0.2) is 0 Å². The molecule has 1 aliphatic heterocycles. The number of benzene rings is 1. The summed E-state index contributed by atoms with van der Waals surface area (Å²) in [4.78, 5) is 11.5. The first kappa shape index (κ1) is 11.0. The van der Waals surface area contributed by atoms with E-state index >= 15 is 0 Å². The van der Waals surface area contributed by atoms with Crippen molar-refractivity contribution in [3.8, 4) is 0 Å². The fourth-order valence-corrected chi connectivity index (χ4v) is 2.59. The van der Waals surface area contributed by atoms with Crippen LogP contribution in [0.5, 0.6) is 0 Å². The Hall–Kier alpha value is -1.07. The van der Waals surface area contributed by atoms with E-state index in [-0.39, 0.29) is 22.9 Å². The molecular formula is C8H8ClNO3S. The zero-order valence-electron chi connectivity index (χ0n) is 7.30. The summed E-state index contributed by atoms with van der Waals surface area (Å²) in [6, 6.07) is 6.19. The molecule has 0 radical (unpaired) electrons. The summed E-state index contributed by atoms with van der Waals surface area (Å²) in [7, 11) is -2.29. The van der Waals surface area contributed by atoms with E-state index in [1.54, 1.807) is 12.1 Å². The molecule has 1 amide bonds. The molecule has 0 aromatic heterocycles. The Morgan fingerprint density at radius 2 is 1.79 bits per heavy atom. The lowest BCUT2D eigenvalue weighted by atomic mass is 10.2. The Labute approximate surface area is 88.0 Å². The van der Waals surface area contributed by atoms with E-state index in [2.05, 4.69) is 0 Å². The van der Waals surface area contributed by atoms with Gasteiger partial charge in [-0.25, -0.2) is 12.7 Å². The molecule has 1 aromatic rings. The van der Waals surface area contributed by atoms with Gasteiger partial charge in [-0.15, -0.1) is 12.4 Å². The van der Waals surface area contributed by atoms with Gasteiger partial charge in [-0.2, -0.15) is 0 Å². The van der Waals surface area contributed by atoms with Gasteiger partial charge in [0.1, 0.15) is 4.90 Å². The third-order valence-electron chi connectivity index (χ3n) is 2.04. The Bertz CT molecular complexity index is 483. The maximum Gasteiger partial charge on any atom is 0.268 e. The van der Waals surface area contributed by atoms with E-state index in [1.807, 2.05) is 0 Å². The SMILES string of the molecule is CN1C(=O)c2ccccc2S1(=O)=O.Cl. The van der Waals surface area contributed by atoms with Gasteiger partial charge in [0.25, 0.3) is 15.9 Å². The van der Waals surface area contributed by atoms with Crippen molar-refractivity contribution in [1.82, 2.24) is 4.31 Å². The molecule has 0 bridgehead atoms. The van der Waals surface area contributed by atoms with E-state index in [1.165, 1.54) is 19.2 Å². The lowest BCUT2D eigenvalue weighted by Gasteiger charge is -2.05. The Morgan fingerprint density at radius 3 is 2.36 bits per heavy atom. The second-order valence-electron chi connectivity index (χ2n) is 2.77. The molecule has 6 heteroatoms. The van der Waals surface area contributed by atoms with Gasteiger partial charge < -0.3 is 0 Å². The third kappa shape index (κ3) is 1.20. The number of hydrogen-bond donors (Lipinski definition) is 0. The van der Waals surface area contributed by atoms with Crippen LogP contribution in [0.1, 0.15) is 10.4 Å². The van der Waals surface area contributed by atoms with Crippen LogP contribution >= 0.6 is 12.4 Å². The third-order valence-corrected chi connectivity index (χ3v) is 3.84. The van der Waals surface area contributed by atoms with Crippen LogP contribution in [0.4, 0.5) is 0 Å². The minimum atomic E-state index is -3.55. The van der Waals surface area contributed by atoms with Crippen molar-refractivity contribution in [3.05, 3.63) is 29.8 Å². The van der Waals surface area contributed by atoms with Crippen LogP contribution < -0.4 is 0 Å².